The predicted octanol–water partition coefficient (Wildman–Crippen LogP) is 3.98. The van der Waals surface area contributed by atoms with Gasteiger partial charge in [0.1, 0.15) is 6.29 Å². The maximum absolute atomic E-state index is 10.4. The molecular weight excluding hydrogens is 224 g/mol. The first-order valence-electron chi connectivity index (χ1n) is 7.80. The SMILES string of the molecule is CO[C@H]1CC[C@H]([C@H]2CC[C@H](CCC=O)CC2)CC1. The molecule has 0 saturated heterocycles. The van der Waals surface area contributed by atoms with Crippen molar-refractivity contribution in [2.75, 3.05) is 7.11 Å². The zero-order valence-corrected chi connectivity index (χ0v) is 11.8. The van der Waals surface area contributed by atoms with Gasteiger partial charge in [-0.2, -0.15) is 0 Å². The van der Waals surface area contributed by atoms with Crippen LogP contribution in [0, 0.1) is 17.8 Å². The van der Waals surface area contributed by atoms with E-state index in [9.17, 15) is 4.79 Å². The van der Waals surface area contributed by atoms with Crippen LogP contribution in [0.4, 0.5) is 0 Å². The number of rotatable bonds is 5. The molecule has 0 amide bonds. The Hall–Kier alpha value is -0.370. The van der Waals surface area contributed by atoms with Crippen molar-refractivity contribution in [1.29, 1.82) is 0 Å². The molecule has 0 bridgehead atoms. The Morgan fingerprint density at radius 1 is 0.944 bits per heavy atom. The molecular formula is C16H28O2. The number of hydrogen-bond acceptors (Lipinski definition) is 2. The topological polar surface area (TPSA) is 26.3 Å². The summed E-state index contributed by atoms with van der Waals surface area (Å²) in [6.07, 6.45) is 14.4. The first-order chi connectivity index (χ1) is 8.83. The van der Waals surface area contributed by atoms with Crippen LogP contribution in [0.15, 0.2) is 0 Å². The van der Waals surface area contributed by atoms with E-state index in [4.69, 9.17) is 4.74 Å². The van der Waals surface area contributed by atoms with Crippen molar-refractivity contribution < 1.29 is 9.53 Å². The van der Waals surface area contributed by atoms with Crippen molar-refractivity contribution in [2.45, 2.75) is 70.3 Å². The molecule has 0 radical (unpaired) electrons. The fourth-order valence-electron chi connectivity index (χ4n) is 4.05. The highest BCUT2D eigenvalue weighted by Gasteiger charge is 2.30. The monoisotopic (exact) mass is 252 g/mol. The van der Waals surface area contributed by atoms with E-state index in [2.05, 4.69) is 0 Å². The standard InChI is InChI=1S/C16H28O2/c1-18-16-10-8-15(9-11-16)14-6-4-13(5-7-14)3-2-12-17/h12-16H,2-11H2,1H3/t13-,14-,15-,16-. The van der Waals surface area contributed by atoms with E-state index in [1.807, 2.05) is 7.11 Å². The minimum atomic E-state index is 0.533. The number of carbonyl (C=O) groups excluding carboxylic acids is 1. The summed E-state index contributed by atoms with van der Waals surface area (Å²) >= 11 is 0. The summed E-state index contributed by atoms with van der Waals surface area (Å²) in [5.41, 5.74) is 0. The van der Waals surface area contributed by atoms with Gasteiger partial charge in [0.15, 0.2) is 0 Å². The van der Waals surface area contributed by atoms with Crippen LogP contribution in [-0.4, -0.2) is 19.5 Å². The van der Waals surface area contributed by atoms with Crippen LogP contribution in [0.1, 0.15) is 64.2 Å². The van der Waals surface area contributed by atoms with E-state index in [1.54, 1.807) is 0 Å². The van der Waals surface area contributed by atoms with Crippen LogP contribution in [0.25, 0.3) is 0 Å². The Labute approximate surface area is 111 Å². The Morgan fingerprint density at radius 3 is 2.00 bits per heavy atom. The third-order valence-corrected chi connectivity index (χ3v) is 5.30. The smallest absolute Gasteiger partial charge is 0.120 e. The molecule has 104 valence electrons. The molecule has 2 aliphatic carbocycles. The van der Waals surface area contributed by atoms with Gasteiger partial charge in [0.05, 0.1) is 6.10 Å². The minimum absolute atomic E-state index is 0.533. The van der Waals surface area contributed by atoms with Gasteiger partial charge in [-0.25, -0.2) is 0 Å². The zero-order chi connectivity index (χ0) is 12.8. The fourth-order valence-corrected chi connectivity index (χ4v) is 4.05. The summed E-state index contributed by atoms with van der Waals surface area (Å²) in [6.45, 7) is 0. The lowest BCUT2D eigenvalue weighted by Crippen LogP contribution is -2.28. The van der Waals surface area contributed by atoms with E-state index in [0.29, 0.717) is 6.10 Å². The molecule has 2 fully saturated rings. The summed E-state index contributed by atoms with van der Waals surface area (Å²) in [5.74, 6) is 2.76. The van der Waals surface area contributed by atoms with E-state index in [-0.39, 0.29) is 0 Å². The highest BCUT2D eigenvalue weighted by atomic mass is 16.5. The van der Waals surface area contributed by atoms with Crippen molar-refractivity contribution in [3.05, 3.63) is 0 Å². The van der Waals surface area contributed by atoms with Crippen molar-refractivity contribution in [2.24, 2.45) is 17.8 Å². The highest BCUT2D eigenvalue weighted by Crippen LogP contribution is 2.41. The molecule has 0 spiro atoms. The van der Waals surface area contributed by atoms with Gasteiger partial charge >= 0.3 is 0 Å². The van der Waals surface area contributed by atoms with E-state index in [0.717, 1.165) is 36.9 Å². The summed E-state index contributed by atoms with van der Waals surface area (Å²) < 4.78 is 5.46. The molecule has 0 heterocycles. The van der Waals surface area contributed by atoms with Crippen molar-refractivity contribution >= 4 is 6.29 Å². The maximum Gasteiger partial charge on any atom is 0.120 e. The molecule has 18 heavy (non-hydrogen) atoms. The number of hydrogen-bond donors (Lipinski definition) is 0. The lowest BCUT2D eigenvalue weighted by Gasteiger charge is -2.37. The molecule has 0 aromatic rings. The predicted molar refractivity (Wildman–Crippen MR) is 73.5 cm³/mol. The molecule has 2 heteroatoms. The van der Waals surface area contributed by atoms with Gasteiger partial charge < -0.3 is 9.53 Å². The van der Waals surface area contributed by atoms with Gasteiger partial charge in [-0.05, 0) is 62.7 Å². The quantitative estimate of drug-likeness (QED) is 0.692. The molecule has 2 rings (SSSR count). The Kier molecular flexibility index (Phi) is 5.68. The average molecular weight is 252 g/mol. The molecule has 0 aliphatic heterocycles. The van der Waals surface area contributed by atoms with Crippen LogP contribution in [0.3, 0.4) is 0 Å². The number of methoxy groups -OCH3 is 1. The summed E-state index contributed by atoms with van der Waals surface area (Å²) in [6, 6.07) is 0. The lowest BCUT2D eigenvalue weighted by atomic mass is 9.70. The van der Waals surface area contributed by atoms with Gasteiger partial charge in [0.25, 0.3) is 0 Å². The van der Waals surface area contributed by atoms with Crippen LogP contribution in [0.5, 0.6) is 0 Å². The average Bonchev–Trinajstić information content (AvgIpc) is 2.46. The lowest BCUT2D eigenvalue weighted by molar-refractivity contribution is -0.108. The summed E-state index contributed by atoms with van der Waals surface area (Å²) in [4.78, 5) is 10.4. The molecule has 0 aromatic heterocycles. The van der Waals surface area contributed by atoms with Crippen LogP contribution < -0.4 is 0 Å². The summed E-state index contributed by atoms with van der Waals surface area (Å²) in [5, 5.41) is 0. The number of aldehydes is 1. The van der Waals surface area contributed by atoms with Crippen molar-refractivity contribution in [3.63, 3.8) is 0 Å². The molecule has 2 saturated carbocycles. The Bertz CT molecular complexity index is 235. The van der Waals surface area contributed by atoms with Crippen molar-refractivity contribution in [3.8, 4) is 0 Å². The number of ether oxygens (including phenoxy) is 1. The third kappa shape index (κ3) is 3.81. The van der Waals surface area contributed by atoms with E-state index >= 15 is 0 Å². The second-order valence-corrected chi connectivity index (χ2v) is 6.30. The molecule has 0 N–H and O–H groups in total. The molecule has 0 atom stereocenters. The minimum Gasteiger partial charge on any atom is -0.381 e. The van der Waals surface area contributed by atoms with E-state index in [1.165, 1.54) is 51.4 Å². The Morgan fingerprint density at radius 2 is 1.50 bits per heavy atom. The first-order valence-corrected chi connectivity index (χ1v) is 7.80. The van der Waals surface area contributed by atoms with Crippen LogP contribution in [0.2, 0.25) is 0 Å². The largest absolute Gasteiger partial charge is 0.381 e. The third-order valence-electron chi connectivity index (χ3n) is 5.30. The van der Waals surface area contributed by atoms with Gasteiger partial charge in [-0.3, -0.25) is 0 Å². The normalized spacial score (nSPS) is 37.4. The highest BCUT2D eigenvalue weighted by molar-refractivity contribution is 5.49. The van der Waals surface area contributed by atoms with Gasteiger partial charge in [-0.15, -0.1) is 0 Å². The Balaban J connectivity index is 1.68. The summed E-state index contributed by atoms with van der Waals surface area (Å²) in [7, 11) is 1.85. The first kappa shape index (κ1) is 14.0. The van der Waals surface area contributed by atoms with E-state index < -0.39 is 0 Å². The van der Waals surface area contributed by atoms with Gasteiger partial charge in [0.2, 0.25) is 0 Å². The van der Waals surface area contributed by atoms with Crippen molar-refractivity contribution in [1.82, 2.24) is 0 Å². The van der Waals surface area contributed by atoms with Gasteiger partial charge in [-0.1, -0.05) is 12.8 Å². The molecule has 2 nitrogen and oxygen atoms in total. The fraction of sp³-hybridized carbons (Fsp3) is 0.938. The second-order valence-electron chi connectivity index (χ2n) is 6.30. The molecule has 0 aromatic carbocycles. The second kappa shape index (κ2) is 7.28. The zero-order valence-electron chi connectivity index (χ0n) is 11.8. The van der Waals surface area contributed by atoms with Crippen LogP contribution >= 0.6 is 0 Å². The molecule has 2 aliphatic rings. The van der Waals surface area contributed by atoms with Gasteiger partial charge in [0, 0.05) is 13.5 Å². The number of carbonyl (C=O) groups is 1. The van der Waals surface area contributed by atoms with Crippen LogP contribution in [-0.2, 0) is 9.53 Å². The maximum atomic E-state index is 10.4. The molecule has 0 unspecified atom stereocenters.